The third-order valence-corrected chi connectivity index (χ3v) is 3.67. The van der Waals surface area contributed by atoms with Gasteiger partial charge in [-0.25, -0.2) is 0 Å². The van der Waals surface area contributed by atoms with E-state index in [1.165, 1.54) is 57.8 Å². The molecule has 0 saturated heterocycles. The first kappa shape index (κ1) is 18.0. The third kappa shape index (κ3) is 14.0. The van der Waals surface area contributed by atoms with Crippen molar-refractivity contribution in [1.82, 2.24) is 0 Å². The monoisotopic (exact) mass is 274 g/mol. The molecule has 0 fully saturated rings. The van der Waals surface area contributed by atoms with Gasteiger partial charge in [0, 0.05) is 18.7 Å². The Labute approximate surface area is 119 Å². The fourth-order valence-electron chi connectivity index (χ4n) is 2.20. The van der Waals surface area contributed by atoms with Gasteiger partial charge in [0.1, 0.15) is 5.78 Å². The van der Waals surface area contributed by atoms with Crippen LogP contribution in [0.5, 0.6) is 0 Å². The summed E-state index contributed by atoms with van der Waals surface area (Å²) in [6, 6.07) is 0. The molecular weight excluding hydrogens is 244 g/mol. The molecule has 0 radical (unpaired) electrons. The van der Waals surface area contributed by atoms with Crippen molar-refractivity contribution in [1.29, 1.82) is 0 Å². The summed E-state index contributed by atoms with van der Waals surface area (Å²) >= 11 is 5.56. The molecule has 0 aromatic carbocycles. The summed E-state index contributed by atoms with van der Waals surface area (Å²) in [4.78, 5) is 11.4. The molecule has 0 unspecified atom stereocenters. The average molecular weight is 275 g/mol. The average Bonchev–Trinajstić information content (AvgIpc) is 2.38. The second kappa shape index (κ2) is 15.0. The van der Waals surface area contributed by atoms with Crippen LogP contribution in [0.4, 0.5) is 0 Å². The number of hydrogen-bond acceptors (Lipinski definition) is 1. The van der Waals surface area contributed by atoms with Gasteiger partial charge in [-0.3, -0.25) is 4.79 Å². The SMILES string of the molecule is CCCCCCCCCCCCC(=O)CCCCl. The lowest BCUT2D eigenvalue weighted by Crippen LogP contribution is -1.97. The van der Waals surface area contributed by atoms with E-state index in [0.29, 0.717) is 18.1 Å². The Morgan fingerprint density at radius 3 is 1.67 bits per heavy atom. The molecule has 0 amide bonds. The molecule has 2 heteroatoms. The standard InChI is InChI=1S/C16H31ClO/c1-2-3-4-5-6-7-8-9-10-11-13-16(18)14-12-15-17/h2-15H2,1H3. The number of carbonyl (C=O) groups excluding carboxylic acids is 1. The van der Waals surface area contributed by atoms with Crippen molar-refractivity contribution in [2.24, 2.45) is 0 Å². The third-order valence-electron chi connectivity index (χ3n) is 3.40. The number of carbonyl (C=O) groups is 1. The minimum absolute atomic E-state index is 0.398. The summed E-state index contributed by atoms with van der Waals surface area (Å²) in [7, 11) is 0. The largest absolute Gasteiger partial charge is 0.300 e. The van der Waals surface area contributed by atoms with Gasteiger partial charge in [0.25, 0.3) is 0 Å². The fraction of sp³-hybridized carbons (Fsp3) is 0.938. The molecule has 0 atom stereocenters. The Morgan fingerprint density at radius 1 is 0.722 bits per heavy atom. The minimum atomic E-state index is 0.398. The topological polar surface area (TPSA) is 17.1 Å². The summed E-state index contributed by atoms with van der Waals surface area (Å²) in [6.07, 6.45) is 15.6. The van der Waals surface area contributed by atoms with Crippen LogP contribution in [0.3, 0.4) is 0 Å². The predicted octanol–water partition coefficient (Wildman–Crippen LogP) is 5.89. The van der Waals surface area contributed by atoms with Crippen molar-refractivity contribution in [3.8, 4) is 0 Å². The lowest BCUT2D eigenvalue weighted by Gasteiger charge is -2.02. The van der Waals surface area contributed by atoms with Gasteiger partial charge in [-0.05, 0) is 12.8 Å². The highest BCUT2D eigenvalue weighted by Gasteiger charge is 2.00. The Morgan fingerprint density at radius 2 is 1.17 bits per heavy atom. The summed E-state index contributed by atoms with van der Waals surface area (Å²) in [5.74, 6) is 1.01. The molecule has 1 nitrogen and oxygen atoms in total. The first-order chi connectivity index (χ1) is 8.81. The lowest BCUT2D eigenvalue weighted by atomic mass is 10.0. The summed E-state index contributed by atoms with van der Waals surface area (Å²) in [5, 5.41) is 0. The summed E-state index contributed by atoms with van der Waals surface area (Å²) in [6.45, 7) is 2.26. The van der Waals surface area contributed by atoms with Crippen LogP contribution in [0, 0.1) is 0 Å². The highest BCUT2D eigenvalue weighted by molar-refractivity contribution is 6.17. The number of hydrogen-bond donors (Lipinski definition) is 0. The number of alkyl halides is 1. The predicted molar refractivity (Wildman–Crippen MR) is 81.4 cm³/mol. The van der Waals surface area contributed by atoms with Gasteiger partial charge in [0.15, 0.2) is 0 Å². The fourth-order valence-corrected chi connectivity index (χ4v) is 2.33. The van der Waals surface area contributed by atoms with Crippen molar-refractivity contribution in [3.63, 3.8) is 0 Å². The molecule has 0 aromatic rings. The first-order valence-corrected chi connectivity index (χ1v) is 8.42. The number of ketones is 1. The molecular formula is C16H31ClO. The summed E-state index contributed by atoms with van der Waals surface area (Å²) < 4.78 is 0. The van der Waals surface area contributed by atoms with Gasteiger partial charge in [0.05, 0.1) is 0 Å². The zero-order valence-corrected chi connectivity index (χ0v) is 12.9. The van der Waals surface area contributed by atoms with Crippen LogP contribution < -0.4 is 0 Å². The van der Waals surface area contributed by atoms with Crippen molar-refractivity contribution in [2.75, 3.05) is 5.88 Å². The maximum atomic E-state index is 11.4. The Hall–Kier alpha value is -0.0400. The van der Waals surface area contributed by atoms with Gasteiger partial charge < -0.3 is 0 Å². The molecule has 0 aliphatic carbocycles. The van der Waals surface area contributed by atoms with Crippen molar-refractivity contribution >= 4 is 17.4 Å². The maximum absolute atomic E-state index is 11.4. The second-order valence-corrected chi connectivity index (χ2v) is 5.64. The smallest absolute Gasteiger partial charge is 0.132 e. The van der Waals surface area contributed by atoms with Crippen molar-refractivity contribution in [2.45, 2.75) is 90.4 Å². The van der Waals surface area contributed by atoms with Crippen LogP contribution >= 0.6 is 11.6 Å². The molecule has 0 aliphatic heterocycles. The zero-order valence-electron chi connectivity index (χ0n) is 12.2. The van der Waals surface area contributed by atoms with Crippen LogP contribution in [0.1, 0.15) is 90.4 Å². The van der Waals surface area contributed by atoms with Crippen LogP contribution in [0.25, 0.3) is 0 Å². The highest BCUT2D eigenvalue weighted by Crippen LogP contribution is 2.11. The van der Waals surface area contributed by atoms with Crippen molar-refractivity contribution in [3.05, 3.63) is 0 Å². The van der Waals surface area contributed by atoms with Gasteiger partial charge in [0.2, 0.25) is 0 Å². The minimum Gasteiger partial charge on any atom is -0.300 e. The Balaban J connectivity index is 3.04. The van der Waals surface area contributed by atoms with E-state index in [-0.39, 0.29) is 0 Å². The highest BCUT2D eigenvalue weighted by atomic mass is 35.5. The van der Waals surface area contributed by atoms with Gasteiger partial charge >= 0.3 is 0 Å². The van der Waals surface area contributed by atoms with Crippen LogP contribution in [-0.2, 0) is 4.79 Å². The second-order valence-electron chi connectivity index (χ2n) is 5.26. The Kier molecular flexibility index (Phi) is 15.0. The molecule has 0 N–H and O–H groups in total. The molecule has 0 aromatic heterocycles. The quantitative estimate of drug-likeness (QED) is 0.285. The number of halogens is 1. The van der Waals surface area contributed by atoms with E-state index < -0.39 is 0 Å². The van der Waals surface area contributed by atoms with Gasteiger partial charge in [-0.2, -0.15) is 0 Å². The molecule has 0 aliphatic rings. The molecule has 0 bridgehead atoms. The lowest BCUT2D eigenvalue weighted by molar-refractivity contribution is -0.119. The van der Waals surface area contributed by atoms with E-state index >= 15 is 0 Å². The van der Waals surface area contributed by atoms with E-state index in [9.17, 15) is 4.79 Å². The molecule has 0 heterocycles. The van der Waals surface area contributed by atoms with Gasteiger partial charge in [-0.1, -0.05) is 64.7 Å². The normalized spacial score (nSPS) is 10.8. The molecule has 0 saturated carbocycles. The van der Waals surface area contributed by atoms with E-state index in [1.807, 2.05) is 0 Å². The molecule has 18 heavy (non-hydrogen) atoms. The maximum Gasteiger partial charge on any atom is 0.132 e. The van der Waals surface area contributed by atoms with E-state index in [4.69, 9.17) is 11.6 Å². The Bertz CT molecular complexity index is 180. The zero-order chi connectivity index (χ0) is 13.5. The van der Waals surface area contributed by atoms with E-state index in [1.54, 1.807) is 0 Å². The molecule has 0 rings (SSSR count). The number of Topliss-reactive ketones (excluding diaryl/α,β-unsaturated/α-hetero) is 1. The van der Waals surface area contributed by atoms with Crippen LogP contribution in [0.15, 0.2) is 0 Å². The van der Waals surface area contributed by atoms with Crippen LogP contribution in [-0.4, -0.2) is 11.7 Å². The number of unbranched alkanes of at least 4 members (excludes halogenated alkanes) is 9. The molecule has 0 spiro atoms. The number of rotatable bonds is 14. The van der Waals surface area contributed by atoms with Gasteiger partial charge in [-0.15, -0.1) is 11.6 Å². The van der Waals surface area contributed by atoms with Crippen LogP contribution in [0.2, 0.25) is 0 Å². The van der Waals surface area contributed by atoms with E-state index in [0.717, 1.165) is 19.3 Å². The van der Waals surface area contributed by atoms with E-state index in [2.05, 4.69) is 6.92 Å². The van der Waals surface area contributed by atoms with Crippen molar-refractivity contribution < 1.29 is 4.79 Å². The first-order valence-electron chi connectivity index (χ1n) is 7.89. The molecule has 108 valence electrons. The summed E-state index contributed by atoms with van der Waals surface area (Å²) in [5.41, 5.74) is 0.